The monoisotopic (exact) mass is 398 g/mol. The van der Waals surface area contributed by atoms with E-state index < -0.39 is 10.0 Å². The van der Waals surface area contributed by atoms with Crippen molar-refractivity contribution in [3.63, 3.8) is 0 Å². The molecule has 6 nitrogen and oxygen atoms in total. The van der Waals surface area contributed by atoms with E-state index in [4.69, 9.17) is 0 Å². The van der Waals surface area contributed by atoms with Crippen LogP contribution in [0.1, 0.15) is 35.2 Å². The maximum atomic E-state index is 11.4. The number of aryl methyl sites for hydroxylation is 2. The molecule has 1 saturated heterocycles. The molecule has 1 fully saturated rings. The lowest BCUT2D eigenvalue weighted by Gasteiger charge is -2.32. The summed E-state index contributed by atoms with van der Waals surface area (Å²) < 4.78 is 25.4. The van der Waals surface area contributed by atoms with Gasteiger partial charge < -0.3 is 0 Å². The number of pyridine rings is 1. The fourth-order valence-electron chi connectivity index (χ4n) is 3.72. The molecule has 0 saturated carbocycles. The van der Waals surface area contributed by atoms with E-state index in [1.165, 1.54) is 11.8 Å². The van der Waals surface area contributed by atoms with Gasteiger partial charge in [0.25, 0.3) is 0 Å². The number of piperidine rings is 1. The van der Waals surface area contributed by atoms with Gasteiger partial charge in [-0.3, -0.25) is 9.88 Å². The van der Waals surface area contributed by atoms with E-state index in [-0.39, 0.29) is 6.04 Å². The van der Waals surface area contributed by atoms with E-state index in [2.05, 4.69) is 32.8 Å². The lowest BCUT2D eigenvalue weighted by atomic mass is 10.00. The Bertz CT molecular complexity index is 986. The summed E-state index contributed by atoms with van der Waals surface area (Å²) in [5.41, 5.74) is 5.35. The molecule has 0 radical (unpaired) electrons. The molecule has 0 amide bonds. The SMILES string of the molecule is Cc1cc(C)c(C#N)c(-c2ccc(CN3CCC(NS(C)(=O)=O)CC3)cc2)n1. The van der Waals surface area contributed by atoms with Crippen LogP contribution in [0.4, 0.5) is 0 Å². The minimum absolute atomic E-state index is 0.0358. The van der Waals surface area contributed by atoms with Crippen LogP contribution in [0.3, 0.4) is 0 Å². The fourth-order valence-corrected chi connectivity index (χ4v) is 4.57. The molecule has 1 aromatic carbocycles. The average Bonchev–Trinajstić information content (AvgIpc) is 2.62. The summed E-state index contributed by atoms with van der Waals surface area (Å²) in [6.07, 6.45) is 2.86. The first kappa shape index (κ1) is 20.5. The van der Waals surface area contributed by atoms with Gasteiger partial charge in [0.2, 0.25) is 10.0 Å². The molecule has 28 heavy (non-hydrogen) atoms. The summed E-state index contributed by atoms with van der Waals surface area (Å²) in [6, 6.07) is 12.4. The predicted molar refractivity (Wildman–Crippen MR) is 110 cm³/mol. The van der Waals surface area contributed by atoms with Crippen LogP contribution in [0.25, 0.3) is 11.3 Å². The Morgan fingerprint density at radius 2 is 1.86 bits per heavy atom. The van der Waals surface area contributed by atoms with Crippen molar-refractivity contribution in [3.05, 3.63) is 52.7 Å². The van der Waals surface area contributed by atoms with Gasteiger partial charge in [-0.1, -0.05) is 24.3 Å². The van der Waals surface area contributed by atoms with Crippen molar-refractivity contribution in [1.29, 1.82) is 5.26 Å². The third-order valence-corrected chi connectivity index (χ3v) is 5.82. The summed E-state index contributed by atoms with van der Waals surface area (Å²) in [5, 5.41) is 9.47. The lowest BCUT2D eigenvalue weighted by Crippen LogP contribution is -2.43. The van der Waals surface area contributed by atoms with Crippen LogP contribution < -0.4 is 4.72 Å². The fraction of sp³-hybridized carbons (Fsp3) is 0.429. The Labute approximate surface area is 167 Å². The number of hydrogen-bond acceptors (Lipinski definition) is 5. The van der Waals surface area contributed by atoms with Gasteiger partial charge in [0.15, 0.2) is 0 Å². The Morgan fingerprint density at radius 1 is 1.21 bits per heavy atom. The second kappa shape index (κ2) is 8.39. The zero-order valence-electron chi connectivity index (χ0n) is 16.6. The van der Waals surface area contributed by atoms with Crippen LogP contribution in [0, 0.1) is 25.2 Å². The number of likely N-dealkylation sites (tertiary alicyclic amines) is 1. The van der Waals surface area contributed by atoms with E-state index in [1.807, 2.05) is 32.0 Å². The highest BCUT2D eigenvalue weighted by Gasteiger charge is 2.21. The quantitative estimate of drug-likeness (QED) is 0.837. The smallest absolute Gasteiger partial charge is 0.208 e. The zero-order valence-corrected chi connectivity index (χ0v) is 17.4. The molecule has 0 atom stereocenters. The predicted octanol–water partition coefficient (Wildman–Crippen LogP) is 2.75. The van der Waals surface area contributed by atoms with Gasteiger partial charge in [-0.25, -0.2) is 13.1 Å². The molecule has 2 heterocycles. The van der Waals surface area contributed by atoms with Crippen molar-refractivity contribution < 1.29 is 8.42 Å². The number of aromatic nitrogens is 1. The molecule has 7 heteroatoms. The topological polar surface area (TPSA) is 86.1 Å². The highest BCUT2D eigenvalue weighted by atomic mass is 32.2. The van der Waals surface area contributed by atoms with Crippen LogP contribution in [-0.2, 0) is 16.6 Å². The van der Waals surface area contributed by atoms with Crippen LogP contribution >= 0.6 is 0 Å². The number of rotatable bonds is 5. The number of benzene rings is 1. The standard InChI is InChI=1S/C21H26N4O2S/c1-15-12-16(2)23-21(20(15)13-22)18-6-4-17(5-7-18)14-25-10-8-19(9-11-25)24-28(3,26)27/h4-7,12,19,24H,8-11,14H2,1-3H3. The summed E-state index contributed by atoms with van der Waals surface area (Å²) in [4.78, 5) is 6.91. The average molecular weight is 399 g/mol. The number of nitrogens with zero attached hydrogens (tertiary/aromatic N) is 3. The minimum atomic E-state index is -3.14. The number of nitrogens with one attached hydrogen (secondary N) is 1. The van der Waals surface area contributed by atoms with Crippen molar-refractivity contribution in [1.82, 2.24) is 14.6 Å². The van der Waals surface area contributed by atoms with Gasteiger partial charge in [-0.2, -0.15) is 5.26 Å². The van der Waals surface area contributed by atoms with Gasteiger partial charge >= 0.3 is 0 Å². The van der Waals surface area contributed by atoms with E-state index in [9.17, 15) is 13.7 Å². The van der Waals surface area contributed by atoms with Crippen LogP contribution in [0.15, 0.2) is 30.3 Å². The Balaban J connectivity index is 1.66. The molecule has 2 aromatic rings. The molecular formula is C21H26N4O2S. The maximum Gasteiger partial charge on any atom is 0.208 e. The molecule has 0 spiro atoms. The molecule has 1 aliphatic rings. The van der Waals surface area contributed by atoms with Gasteiger partial charge in [-0.05, 0) is 43.9 Å². The van der Waals surface area contributed by atoms with Gasteiger partial charge in [-0.15, -0.1) is 0 Å². The normalized spacial score (nSPS) is 16.1. The van der Waals surface area contributed by atoms with Crippen molar-refractivity contribution in [2.24, 2.45) is 0 Å². The van der Waals surface area contributed by atoms with Gasteiger partial charge in [0.1, 0.15) is 6.07 Å². The minimum Gasteiger partial charge on any atom is -0.299 e. The zero-order chi connectivity index (χ0) is 20.3. The van der Waals surface area contributed by atoms with Crippen LogP contribution in [-0.4, -0.2) is 43.7 Å². The molecule has 3 rings (SSSR count). The molecule has 148 valence electrons. The second-order valence-electron chi connectivity index (χ2n) is 7.55. The van der Waals surface area contributed by atoms with Crippen LogP contribution in [0.2, 0.25) is 0 Å². The summed E-state index contributed by atoms with van der Waals surface area (Å²) >= 11 is 0. The summed E-state index contributed by atoms with van der Waals surface area (Å²) in [5.74, 6) is 0. The largest absolute Gasteiger partial charge is 0.299 e. The van der Waals surface area contributed by atoms with E-state index >= 15 is 0 Å². The molecule has 1 aromatic heterocycles. The molecule has 1 aliphatic heterocycles. The molecular weight excluding hydrogens is 372 g/mol. The second-order valence-corrected chi connectivity index (χ2v) is 9.33. The highest BCUT2D eigenvalue weighted by Crippen LogP contribution is 2.25. The Hall–Kier alpha value is -2.27. The lowest BCUT2D eigenvalue weighted by molar-refractivity contribution is 0.200. The third-order valence-electron chi connectivity index (χ3n) is 5.06. The first-order valence-electron chi connectivity index (χ1n) is 9.42. The molecule has 0 bridgehead atoms. The third kappa shape index (κ3) is 5.16. The summed E-state index contributed by atoms with van der Waals surface area (Å²) in [7, 11) is -3.14. The van der Waals surface area contributed by atoms with Gasteiger partial charge in [0, 0.05) is 36.9 Å². The Kier molecular flexibility index (Phi) is 6.14. The number of sulfonamides is 1. The van der Waals surface area contributed by atoms with Gasteiger partial charge in [0.05, 0.1) is 17.5 Å². The number of nitriles is 1. The van der Waals surface area contributed by atoms with Crippen LogP contribution in [0.5, 0.6) is 0 Å². The molecule has 0 unspecified atom stereocenters. The van der Waals surface area contributed by atoms with Crippen molar-refractivity contribution in [2.45, 2.75) is 39.3 Å². The number of hydrogen-bond donors (Lipinski definition) is 1. The van der Waals surface area contributed by atoms with E-state index in [0.29, 0.717) is 5.56 Å². The molecule has 1 N–H and O–H groups in total. The molecule has 0 aliphatic carbocycles. The van der Waals surface area contributed by atoms with E-state index in [1.54, 1.807) is 0 Å². The summed E-state index contributed by atoms with van der Waals surface area (Å²) in [6.45, 7) is 6.44. The first-order chi connectivity index (χ1) is 13.2. The first-order valence-corrected chi connectivity index (χ1v) is 11.3. The van der Waals surface area contributed by atoms with E-state index in [0.717, 1.165) is 55.0 Å². The van der Waals surface area contributed by atoms with Crippen molar-refractivity contribution in [3.8, 4) is 17.3 Å². The van der Waals surface area contributed by atoms with Crippen molar-refractivity contribution in [2.75, 3.05) is 19.3 Å². The maximum absolute atomic E-state index is 11.4. The Morgan fingerprint density at radius 3 is 2.43 bits per heavy atom. The van der Waals surface area contributed by atoms with Crippen molar-refractivity contribution >= 4 is 10.0 Å². The highest BCUT2D eigenvalue weighted by molar-refractivity contribution is 7.88.